The van der Waals surface area contributed by atoms with Crippen LogP contribution in [0.15, 0.2) is 35.3 Å². The number of carbonyl (C=O) groups excluding carboxylic acids is 1. The first-order valence-electron chi connectivity index (χ1n) is 6.86. The number of carbonyl (C=O) groups is 1. The summed E-state index contributed by atoms with van der Waals surface area (Å²) in [5.74, 6) is 0. The van der Waals surface area contributed by atoms with Crippen LogP contribution in [0.25, 0.3) is 5.69 Å². The Bertz CT molecular complexity index is 747. The van der Waals surface area contributed by atoms with Gasteiger partial charge in [0.15, 0.2) is 5.43 Å². The second kappa shape index (κ2) is 6.27. The molecule has 2 aromatic rings. The Hall–Kier alpha value is -1.87. The number of rotatable bonds is 4. The average Bonchev–Trinajstić information content (AvgIpc) is 2.38. The molecule has 0 spiro atoms. The minimum atomic E-state index is -0.423. The summed E-state index contributed by atoms with van der Waals surface area (Å²) in [5.41, 5.74) is 4.80. The zero-order valence-electron chi connectivity index (χ0n) is 12.4. The van der Waals surface area contributed by atoms with Gasteiger partial charge in [0.25, 0.3) is 0 Å². The van der Waals surface area contributed by atoms with E-state index in [0.29, 0.717) is 12.0 Å². The smallest absolute Gasteiger partial charge is 0.221 e. The van der Waals surface area contributed by atoms with E-state index < -0.39 is 5.24 Å². The van der Waals surface area contributed by atoms with Crippen LogP contribution in [0.3, 0.4) is 0 Å². The zero-order chi connectivity index (χ0) is 15.6. The van der Waals surface area contributed by atoms with E-state index in [-0.39, 0.29) is 11.8 Å². The lowest BCUT2D eigenvalue weighted by atomic mass is 10.1. The summed E-state index contributed by atoms with van der Waals surface area (Å²) < 4.78 is 1.99. The number of pyridine rings is 1. The average molecular weight is 304 g/mol. The Labute approximate surface area is 129 Å². The van der Waals surface area contributed by atoms with Gasteiger partial charge in [0.2, 0.25) is 5.24 Å². The Morgan fingerprint density at radius 3 is 2.52 bits per heavy atom. The van der Waals surface area contributed by atoms with Gasteiger partial charge in [-0.15, -0.1) is 0 Å². The van der Waals surface area contributed by atoms with Gasteiger partial charge in [-0.25, -0.2) is 0 Å². The van der Waals surface area contributed by atoms with Gasteiger partial charge in [-0.1, -0.05) is 17.7 Å². The fraction of sp³-hybridized carbons (Fsp3) is 0.294. The molecule has 21 heavy (non-hydrogen) atoms. The summed E-state index contributed by atoms with van der Waals surface area (Å²) >= 11 is 5.36. The van der Waals surface area contributed by atoms with Crippen molar-refractivity contribution >= 4 is 16.8 Å². The van der Waals surface area contributed by atoms with Gasteiger partial charge >= 0.3 is 0 Å². The molecule has 1 heterocycles. The van der Waals surface area contributed by atoms with Crippen LogP contribution in [0, 0.1) is 20.8 Å². The number of halogens is 1. The quantitative estimate of drug-likeness (QED) is 0.811. The van der Waals surface area contributed by atoms with Crippen LogP contribution < -0.4 is 5.43 Å². The molecule has 0 N–H and O–H groups in total. The van der Waals surface area contributed by atoms with E-state index in [1.807, 2.05) is 43.7 Å². The van der Waals surface area contributed by atoms with E-state index >= 15 is 0 Å². The monoisotopic (exact) mass is 303 g/mol. The van der Waals surface area contributed by atoms with Gasteiger partial charge in [0.05, 0.1) is 0 Å². The molecule has 0 fully saturated rings. The minimum absolute atomic E-state index is 0.0496. The molecule has 0 unspecified atom stereocenters. The Morgan fingerprint density at radius 1 is 1.19 bits per heavy atom. The second-order valence-corrected chi connectivity index (χ2v) is 5.74. The number of nitrogens with zero attached hydrogens (tertiary/aromatic N) is 1. The van der Waals surface area contributed by atoms with Crippen molar-refractivity contribution in [2.45, 2.75) is 33.6 Å². The summed E-state index contributed by atoms with van der Waals surface area (Å²) in [5, 5.41) is -0.423. The van der Waals surface area contributed by atoms with Gasteiger partial charge in [-0.2, -0.15) is 0 Å². The maximum atomic E-state index is 12.0. The van der Waals surface area contributed by atoms with Crippen LogP contribution in [0.4, 0.5) is 0 Å². The maximum absolute atomic E-state index is 12.0. The SMILES string of the molecule is Cc1ccc(-n2cc(CCC(=O)Cl)c(=O)cc2C)c(C)c1. The third-order valence-corrected chi connectivity index (χ3v) is 3.71. The molecule has 0 amide bonds. The van der Waals surface area contributed by atoms with E-state index in [1.165, 1.54) is 5.56 Å². The van der Waals surface area contributed by atoms with Gasteiger partial charge < -0.3 is 4.57 Å². The van der Waals surface area contributed by atoms with Crippen molar-refractivity contribution in [2.75, 3.05) is 0 Å². The maximum Gasteiger partial charge on any atom is 0.221 e. The molecule has 1 aromatic heterocycles. The van der Waals surface area contributed by atoms with E-state index in [1.54, 1.807) is 6.07 Å². The molecule has 1 aromatic carbocycles. The fourth-order valence-electron chi connectivity index (χ4n) is 2.43. The van der Waals surface area contributed by atoms with Crippen molar-refractivity contribution in [1.82, 2.24) is 4.57 Å². The lowest BCUT2D eigenvalue weighted by Gasteiger charge is -2.15. The van der Waals surface area contributed by atoms with Crippen LogP contribution in [0.5, 0.6) is 0 Å². The first kappa shape index (κ1) is 15.5. The molecule has 0 aliphatic heterocycles. The fourth-order valence-corrected chi connectivity index (χ4v) is 2.52. The summed E-state index contributed by atoms with van der Waals surface area (Å²) in [6.07, 6.45) is 2.36. The number of aryl methyl sites for hydroxylation is 4. The van der Waals surface area contributed by atoms with E-state index in [2.05, 4.69) is 6.07 Å². The van der Waals surface area contributed by atoms with Crippen molar-refractivity contribution in [3.05, 3.63) is 63.1 Å². The summed E-state index contributed by atoms with van der Waals surface area (Å²) in [6, 6.07) is 7.79. The van der Waals surface area contributed by atoms with Crippen molar-refractivity contribution in [1.29, 1.82) is 0 Å². The van der Waals surface area contributed by atoms with E-state index in [4.69, 9.17) is 11.6 Å². The molecule has 2 rings (SSSR count). The largest absolute Gasteiger partial charge is 0.320 e. The zero-order valence-corrected chi connectivity index (χ0v) is 13.2. The highest BCUT2D eigenvalue weighted by Crippen LogP contribution is 2.18. The van der Waals surface area contributed by atoms with Crippen LogP contribution in [-0.2, 0) is 11.2 Å². The van der Waals surface area contributed by atoms with E-state index in [0.717, 1.165) is 16.9 Å². The molecular weight excluding hydrogens is 286 g/mol. The van der Waals surface area contributed by atoms with Gasteiger partial charge in [-0.3, -0.25) is 9.59 Å². The highest BCUT2D eigenvalue weighted by atomic mass is 35.5. The predicted molar refractivity (Wildman–Crippen MR) is 85.4 cm³/mol. The van der Waals surface area contributed by atoms with Crippen molar-refractivity contribution < 1.29 is 4.79 Å². The molecule has 0 atom stereocenters. The molecule has 0 saturated carbocycles. The lowest BCUT2D eigenvalue weighted by molar-refractivity contribution is -0.111. The molecule has 3 nitrogen and oxygen atoms in total. The van der Waals surface area contributed by atoms with Crippen LogP contribution in [0.1, 0.15) is 28.8 Å². The molecule has 0 radical (unpaired) electrons. The minimum Gasteiger partial charge on any atom is -0.320 e. The van der Waals surface area contributed by atoms with Crippen LogP contribution in [-0.4, -0.2) is 9.81 Å². The highest BCUT2D eigenvalue weighted by molar-refractivity contribution is 6.63. The Balaban J connectivity index is 2.50. The second-order valence-electron chi connectivity index (χ2n) is 5.32. The number of hydrogen-bond donors (Lipinski definition) is 0. The Kier molecular flexibility index (Phi) is 4.63. The van der Waals surface area contributed by atoms with Gasteiger partial charge in [0.1, 0.15) is 0 Å². The van der Waals surface area contributed by atoms with Crippen molar-refractivity contribution in [3.8, 4) is 5.69 Å². The highest BCUT2D eigenvalue weighted by Gasteiger charge is 2.09. The number of aromatic nitrogens is 1. The molecule has 0 bridgehead atoms. The molecule has 0 saturated heterocycles. The van der Waals surface area contributed by atoms with Gasteiger partial charge in [0, 0.05) is 35.6 Å². The van der Waals surface area contributed by atoms with E-state index in [9.17, 15) is 9.59 Å². The third kappa shape index (κ3) is 3.61. The molecular formula is C17H18ClNO2. The van der Waals surface area contributed by atoms with Crippen LogP contribution >= 0.6 is 11.6 Å². The molecule has 0 aliphatic carbocycles. The van der Waals surface area contributed by atoms with Crippen LogP contribution in [0.2, 0.25) is 0 Å². The molecule has 0 aliphatic rings. The first-order valence-corrected chi connectivity index (χ1v) is 7.24. The summed E-state index contributed by atoms with van der Waals surface area (Å²) in [7, 11) is 0. The topological polar surface area (TPSA) is 39.1 Å². The molecule has 110 valence electrons. The van der Waals surface area contributed by atoms with Crippen molar-refractivity contribution in [3.63, 3.8) is 0 Å². The summed E-state index contributed by atoms with van der Waals surface area (Å²) in [6.45, 7) is 5.99. The van der Waals surface area contributed by atoms with Crippen molar-refractivity contribution in [2.24, 2.45) is 0 Å². The molecule has 4 heteroatoms. The lowest BCUT2D eigenvalue weighted by Crippen LogP contribution is -2.15. The normalized spacial score (nSPS) is 10.7. The first-order chi connectivity index (χ1) is 9.88. The number of hydrogen-bond acceptors (Lipinski definition) is 2. The summed E-state index contributed by atoms with van der Waals surface area (Å²) in [4.78, 5) is 22.9. The standard InChI is InChI=1S/C17H18ClNO2/c1-11-4-6-15(12(2)8-11)19-10-14(5-7-17(18)21)16(20)9-13(19)3/h4,6,8-10H,5,7H2,1-3H3. The Morgan fingerprint density at radius 2 is 1.90 bits per heavy atom. The third-order valence-electron chi connectivity index (χ3n) is 3.52. The van der Waals surface area contributed by atoms with Gasteiger partial charge in [-0.05, 0) is 50.4 Å². The number of benzene rings is 1. The predicted octanol–water partition coefficient (Wildman–Crippen LogP) is 3.46.